The van der Waals surface area contributed by atoms with Gasteiger partial charge in [-0.1, -0.05) is 36.4 Å². The van der Waals surface area contributed by atoms with Crippen molar-refractivity contribution in [1.82, 2.24) is 5.32 Å². The summed E-state index contributed by atoms with van der Waals surface area (Å²) in [6, 6.07) is 18.6. The van der Waals surface area contributed by atoms with Crippen LogP contribution in [0.2, 0.25) is 0 Å². The molecule has 160 valence electrons. The molecule has 3 rings (SSSR count). The van der Waals surface area contributed by atoms with Crippen LogP contribution in [-0.4, -0.2) is 31.4 Å². The fourth-order valence-corrected chi connectivity index (χ4v) is 2.77. The molecule has 2 N–H and O–H groups in total. The maximum atomic E-state index is 12.9. The third-order valence-electron chi connectivity index (χ3n) is 4.29. The Labute approximate surface area is 179 Å². The molecule has 3 aromatic rings. The number of anilines is 1. The maximum absolute atomic E-state index is 12.9. The summed E-state index contributed by atoms with van der Waals surface area (Å²) in [6.07, 6.45) is 0.122. The van der Waals surface area contributed by atoms with Crippen molar-refractivity contribution >= 4 is 23.5 Å². The number of carbonyl (C=O) groups excluding carboxylic acids is 3. The van der Waals surface area contributed by atoms with Gasteiger partial charge in [-0.2, -0.15) is 0 Å². The standard InChI is InChI=1S/C23H22N2O6/c1-29-18-10-5-9-17(15-18)25-23(28)21(16-7-3-2-4-8-16)31-20(26)12-13-24-22(27)19-11-6-14-30-19/h2-11,14-15,21H,12-13H2,1H3,(H,24,27)(H,25,28). The summed E-state index contributed by atoms with van der Waals surface area (Å²) >= 11 is 0. The second-order valence-corrected chi connectivity index (χ2v) is 6.48. The minimum atomic E-state index is -1.15. The SMILES string of the molecule is COc1cccc(NC(=O)C(OC(=O)CCNC(=O)c2ccco2)c2ccccc2)c1. The van der Waals surface area contributed by atoms with Gasteiger partial charge in [0.1, 0.15) is 5.75 Å². The molecule has 2 aromatic carbocycles. The Bertz CT molecular complexity index is 1020. The van der Waals surface area contributed by atoms with Gasteiger partial charge < -0.3 is 24.5 Å². The number of carbonyl (C=O) groups is 3. The lowest BCUT2D eigenvalue weighted by molar-refractivity contribution is -0.154. The predicted octanol–water partition coefficient (Wildman–Crippen LogP) is 3.33. The largest absolute Gasteiger partial charge is 0.497 e. The summed E-state index contributed by atoms with van der Waals surface area (Å²) < 4.78 is 15.6. The molecule has 1 heterocycles. The number of amides is 2. The minimum Gasteiger partial charge on any atom is -0.497 e. The summed E-state index contributed by atoms with van der Waals surface area (Å²) in [5.41, 5.74) is 1.03. The molecule has 0 aliphatic heterocycles. The van der Waals surface area contributed by atoms with Gasteiger partial charge in [-0.15, -0.1) is 0 Å². The Hall–Kier alpha value is -4.07. The molecule has 0 aliphatic rings. The summed E-state index contributed by atoms with van der Waals surface area (Å²) in [5, 5.41) is 5.30. The number of ether oxygens (including phenoxy) is 2. The molecule has 8 heteroatoms. The number of methoxy groups -OCH3 is 1. The summed E-state index contributed by atoms with van der Waals surface area (Å²) in [4.78, 5) is 37.1. The summed E-state index contributed by atoms with van der Waals surface area (Å²) in [5.74, 6) is -0.846. The fraction of sp³-hybridized carbons (Fsp3) is 0.174. The van der Waals surface area contributed by atoms with Gasteiger partial charge in [-0.3, -0.25) is 14.4 Å². The Balaban J connectivity index is 1.62. The van der Waals surface area contributed by atoms with Crippen molar-refractivity contribution in [2.45, 2.75) is 12.5 Å². The van der Waals surface area contributed by atoms with Crippen LogP contribution < -0.4 is 15.4 Å². The van der Waals surface area contributed by atoms with Crippen LogP contribution in [0.25, 0.3) is 0 Å². The fourth-order valence-electron chi connectivity index (χ4n) is 2.77. The first-order valence-corrected chi connectivity index (χ1v) is 9.58. The Morgan fingerprint density at radius 1 is 1.00 bits per heavy atom. The molecule has 1 unspecified atom stereocenters. The summed E-state index contributed by atoms with van der Waals surface area (Å²) in [7, 11) is 1.53. The van der Waals surface area contributed by atoms with E-state index in [0.29, 0.717) is 17.0 Å². The van der Waals surface area contributed by atoms with Gasteiger partial charge >= 0.3 is 5.97 Å². The molecule has 0 bridgehead atoms. The molecule has 0 fully saturated rings. The topological polar surface area (TPSA) is 107 Å². The first-order valence-electron chi connectivity index (χ1n) is 9.58. The van der Waals surface area contributed by atoms with Crippen molar-refractivity contribution in [2.75, 3.05) is 19.0 Å². The first kappa shape index (κ1) is 21.6. The molecule has 0 spiro atoms. The number of rotatable bonds is 9. The van der Waals surface area contributed by atoms with E-state index >= 15 is 0 Å². The van der Waals surface area contributed by atoms with Gasteiger partial charge in [0.2, 0.25) is 6.10 Å². The molecule has 1 aromatic heterocycles. The van der Waals surface area contributed by atoms with Crippen LogP contribution in [-0.2, 0) is 14.3 Å². The average Bonchev–Trinajstić information content (AvgIpc) is 3.33. The second kappa shape index (κ2) is 10.6. The smallest absolute Gasteiger partial charge is 0.308 e. The van der Waals surface area contributed by atoms with E-state index in [1.54, 1.807) is 60.7 Å². The van der Waals surface area contributed by atoms with E-state index in [0.717, 1.165) is 0 Å². The predicted molar refractivity (Wildman–Crippen MR) is 113 cm³/mol. The van der Waals surface area contributed by atoms with Gasteiger partial charge in [0.25, 0.3) is 11.8 Å². The first-order chi connectivity index (χ1) is 15.1. The highest BCUT2D eigenvalue weighted by molar-refractivity contribution is 5.96. The lowest BCUT2D eigenvalue weighted by atomic mass is 10.1. The van der Waals surface area contributed by atoms with Crippen LogP contribution in [0.1, 0.15) is 28.6 Å². The Morgan fingerprint density at radius 2 is 1.81 bits per heavy atom. The van der Waals surface area contributed by atoms with Crippen molar-refractivity contribution in [3.8, 4) is 5.75 Å². The van der Waals surface area contributed by atoms with Crippen LogP contribution >= 0.6 is 0 Å². The molecule has 1 atom stereocenters. The zero-order valence-electron chi connectivity index (χ0n) is 16.9. The zero-order valence-corrected chi connectivity index (χ0v) is 16.9. The molecule has 0 aliphatic carbocycles. The minimum absolute atomic E-state index is 0.0391. The highest BCUT2D eigenvalue weighted by Crippen LogP contribution is 2.22. The number of nitrogens with one attached hydrogen (secondary N) is 2. The highest BCUT2D eigenvalue weighted by atomic mass is 16.5. The van der Waals surface area contributed by atoms with Gasteiger partial charge in [0.15, 0.2) is 5.76 Å². The highest BCUT2D eigenvalue weighted by Gasteiger charge is 2.25. The lowest BCUT2D eigenvalue weighted by Crippen LogP contribution is -2.29. The number of furan rings is 1. The quantitative estimate of drug-likeness (QED) is 0.512. The van der Waals surface area contributed by atoms with Crippen molar-refractivity contribution in [1.29, 1.82) is 0 Å². The van der Waals surface area contributed by atoms with Crippen LogP contribution in [0.5, 0.6) is 5.75 Å². The molecular formula is C23H22N2O6. The van der Waals surface area contributed by atoms with Gasteiger partial charge in [-0.25, -0.2) is 0 Å². The number of hydrogen-bond acceptors (Lipinski definition) is 6. The second-order valence-electron chi connectivity index (χ2n) is 6.48. The molecule has 8 nitrogen and oxygen atoms in total. The molecular weight excluding hydrogens is 400 g/mol. The lowest BCUT2D eigenvalue weighted by Gasteiger charge is -2.18. The Morgan fingerprint density at radius 3 is 2.52 bits per heavy atom. The molecule has 0 saturated carbocycles. The Kier molecular flexibility index (Phi) is 7.42. The van der Waals surface area contributed by atoms with Crippen LogP contribution in [0.4, 0.5) is 5.69 Å². The van der Waals surface area contributed by atoms with E-state index in [1.807, 2.05) is 0 Å². The average molecular weight is 422 g/mol. The van der Waals surface area contributed by atoms with Crippen LogP contribution in [0, 0.1) is 0 Å². The van der Waals surface area contributed by atoms with Gasteiger partial charge in [0.05, 0.1) is 19.8 Å². The van der Waals surface area contributed by atoms with Crippen molar-refractivity contribution in [3.63, 3.8) is 0 Å². The van der Waals surface area contributed by atoms with Gasteiger partial charge in [-0.05, 0) is 24.3 Å². The monoisotopic (exact) mass is 422 g/mol. The van der Waals surface area contributed by atoms with E-state index in [4.69, 9.17) is 13.9 Å². The van der Waals surface area contributed by atoms with E-state index in [2.05, 4.69) is 10.6 Å². The third kappa shape index (κ3) is 6.20. The third-order valence-corrected chi connectivity index (χ3v) is 4.29. The van der Waals surface area contributed by atoms with Crippen molar-refractivity contribution < 1.29 is 28.3 Å². The van der Waals surface area contributed by atoms with Crippen molar-refractivity contribution in [2.24, 2.45) is 0 Å². The van der Waals surface area contributed by atoms with Crippen LogP contribution in [0.3, 0.4) is 0 Å². The van der Waals surface area contributed by atoms with E-state index in [1.165, 1.54) is 19.4 Å². The van der Waals surface area contributed by atoms with Crippen molar-refractivity contribution in [3.05, 3.63) is 84.3 Å². The maximum Gasteiger partial charge on any atom is 0.308 e. The van der Waals surface area contributed by atoms with E-state index in [9.17, 15) is 14.4 Å². The zero-order chi connectivity index (χ0) is 22.1. The molecule has 0 radical (unpaired) electrons. The van der Waals surface area contributed by atoms with E-state index < -0.39 is 23.9 Å². The number of esters is 1. The molecule has 31 heavy (non-hydrogen) atoms. The molecule has 2 amide bonds. The van der Waals surface area contributed by atoms with Gasteiger partial charge in [0, 0.05) is 23.9 Å². The number of hydrogen-bond donors (Lipinski definition) is 2. The van der Waals surface area contributed by atoms with Crippen LogP contribution in [0.15, 0.2) is 77.4 Å². The number of benzene rings is 2. The summed E-state index contributed by atoms with van der Waals surface area (Å²) in [6.45, 7) is 0.0391. The van der Waals surface area contributed by atoms with E-state index in [-0.39, 0.29) is 18.7 Å². The molecule has 0 saturated heterocycles. The normalized spacial score (nSPS) is 11.3.